The van der Waals surface area contributed by atoms with E-state index in [4.69, 9.17) is 5.73 Å². The number of rotatable bonds is 9. The SMILES string of the molecule is C=C/C=C(\C=C(/C)CC)c1ncc(C2(NC(=O)C(/C=C(\N)CC(F)(F)F)=NC)CC2)cn1. The minimum Gasteiger partial charge on any atom is -0.402 e. The molecule has 6 nitrogen and oxygen atoms in total. The van der Waals surface area contributed by atoms with E-state index in [-0.39, 0.29) is 5.71 Å². The molecule has 1 aliphatic rings. The Kier molecular flexibility index (Phi) is 8.13. The molecule has 0 unspecified atom stereocenters. The highest BCUT2D eigenvalue weighted by Gasteiger charge is 2.46. The summed E-state index contributed by atoms with van der Waals surface area (Å²) in [5, 5.41) is 2.84. The highest BCUT2D eigenvalue weighted by molar-refractivity contribution is 6.43. The Balaban J connectivity index is 2.19. The fourth-order valence-electron chi connectivity index (χ4n) is 2.99. The third-order valence-electron chi connectivity index (χ3n) is 5.02. The van der Waals surface area contributed by atoms with E-state index in [0.29, 0.717) is 24.2 Å². The van der Waals surface area contributed by atoms with Gasteiger partial charge in [-0.3, -0.25) is 9.79 Å². The molecule has 32 heavy (non-hydrogen) atoms. The molecule has 1 aliphatic carbocycles. The Morgan fingerprint density at radius 1 is 1.31 bits per heavy atom. The monoisotopic (exact) mass is 447 g/mol. The van der Waals surface area contributed by atoms with Gasteiger partial charge in [0.1, 0.15) is 5.71 Å². The van der Waals surface area contributed by atoms with Crippen molar-refractivity contribution >= 4 is 17.2 Å². The quantitative estimate of drug-likeness (QED) is 0.434. The highest BCUT2D eigenvalue weighted by atomic mass is 19.4. The number of nitrogens with one attached hydrogen (secondary N) is 1. The van der Waals surface area contributed by atoms with Crippen molar-refractivity contribution in [1.82, 2.24) is 15.3 Å². The zero-order valence-electron chi connectivity index (χ0n) is 18.5. The van der Waals surface area contributed by atoms with E-state index >= 15 is 0 Å². The summed E-state index contributed by atoms with van der Waals surface area (Å²) in [5.41, 5.74) is 6.80. The van der Waals surface area contributed by atoms with Gasteiger partial charge < -0.3 is 11.1 Å². The van der Waals surface area contributed by atoms with Gasteiger partial charge >= 0.3 is 6.18 Å². The van der Waals surface area contributed by atoms with Crippen LogP contribution in [0.15, 0.2) is 59.5 Å². The number of aliphatic imine (C=N–C) groups is 1. The Hall–Kier alpha value is -3.23. The summed E-state index contributed by atoms with van der Waals surface area (Å²) in [4.78, 5) is 25.3. The number of hydrogen-bond donors (Lipinski definition) is 2. The number of alkyl halides is 3. The first-order chi connectivity index (χ1) is 15.0. The average Bonchev–Trinajstić information content (AvgIpc) is 3.50. The van der Waals surface area contributed by atoms with Crippen molar-refractivity contribution < 1.29 is 18.0 Å². The fraction of sp³-hybridized carbons (Fsp3) is 0.391. The second-order valence-electron chi connectivity index (χ2n) is 7.65. The second-order valence-corrected chi connectivity index (χ2v) is 7.65. The molecule has 172 valence electrons. The van der Waals surface area contributed by atoms with Crippen molar-refractivity contribution in [2.45, 2.75) is 51.2 Å². The van der Waals surface area contributed by atoms with E-state index in [2.05, 4.69) is 33.8 Å². The molecule has 0 radical (unpaired) electrons. The van der Waals surface area contributed by atoms with Crippen molar-refractivity contribution in [3.63, 3.8) is 0 Å². The summed E-state index contributed by atoms with van der Waals surface area (Å²) in [6.45, 7) is 7.80. The lowest BCUT2D eigenvalue weighted by atomic mass is 10.1. The summed E-state index contributed by atoms with van der Waals surface area (Å²) < 4.78 is 37.5. The van der Waals surface area contributed by atoms with Crippen LogP contribution in [0.2, 0.25) is 0 Å². The molecule has 3 N–H and O–H groups in total. The largest absolute Gasteiger partial charge is 0.402 e. The van der Waals surface area contributed by atoms with Crippen LogP contribution in [0.4, 0.5) is 13.2 Å². The Bertz CT molecular complexity index is 968. The van der Waals surface area contributed by atoms with Gasteiger partial charge in [-0.05, 0) is 32.3 Å². The third-order valence-corrected chi connectivity index (χ3v) is 5.02. The van der Waals surface area contributed by atoms with Crippen molar-refractivity contribution in [3.05, 3.63) is 65.9 Å². The minimum atomic E-state index is -4.46. The first-order valence-corrected chi connectivity index (χ1v) is 10.2. The normalized spacial score (nSPS) is 17.2. The van der Waals surface area contributed by atoms with Gasteiger partial charge in [0.05, 0.1) is 12.0 Å². The van der Waals surface area contributed by atoms with Crippen LogP contribution in [0, 0.1) is 0 Å². The van der Waals surface area contributed by atoms with Gasteiger partial charge in [-0.15, -0.1) is 0 Å². The molecule has 0 spiro atoms. The zero-order chi connectivity index (χ0) is 23.9. The molecule has 1 amide bonds. The number of nitrogens with two attached hydrogens (primary N) is 1. The highest BCUT2D eigenvalue weighted by Crippen LogP contribution is 2.45. The first-order valence-electron chi connectivity index (χ1n) is 10.2. The summed E-state index contributed by atoms with van der Waals surface area (Å²) in [6, 6.07) is 0. The second kappa shape index (κ2) is 10.4. The molecule has 1 saturated carbocycles. The standard InChI is InChI=1S/C23H28F3N5O/c1-5-7-16(10-15(3)6-2)20-29-13-17(14-30-20)22(8-9-22)31-21(32)19(28-4)11-18(27)12-23(24,25)26/h5,7,10-11,13-14H,1,6,8-9,12,27H2,2-4H3,(H,31,32)/b15-10+,16-7+,18-11-,28-19?. The van der Waals surface area contributed by atoms with Crippen LogP contribution in [0.1, 0.15) is 50.9 Å². The summed E-state index contributed by atoms with van der Waals surface area (Å²) in [6.07, 6.45) is 6.17. The van der Waals surface area contributed by atoms with Crippen molar-refractivity contribution in [2.24, 2.45) is 10.7 Å². The van der Waals surface area contributed by atoms with Crippen LogP contribution >= 0.6 is 0 Å². The Labute approximate surface area is 185 Å². The van der Waals surface area contributed by atoms with Gasteiger partial charge in [0.25, 0.3) is 5.91 Å². The van der Waals surface area contributed by atoms with E-state index < -0.39 is 29.7 Å². The topological polar surface area (TPSA) is 93.3 Å². The number of carbonyl (C=O) groups is 1. The zero-order valence-corrected chi connectivity index (χ0v) is 18.5. The summed E-state index contributed by atoms with van der Waals surface area (Å²) >= 11 is 0. The van der Waals surface area contributed by atoms with Gasteiger partial charge in [0, 0.05) is 36.3 Å². The molecule has 2 rings (SSSR count). The molecule has 1 aromatic heterocycles. The number of hydrogen-bond acceptors (Lipinski definition) is 5. The number of nitrogens with zero attached hydrogens (tertiary/aromatic N) is 3. The third kappa shape index (κ3) is 6.90. The smallest absolute Gasteiger partial charge is 0.394 e. The van der Waals surface area contributed by atoms with E-state index in [0.717, 1.165) is 18.1 Å². The van der Waals surface area contributed by atoms with Crippen molar-refractivity contribution in [3.8, 4) is 0 Å². The minimum absolute atomic E-state index is 0.174. The molecule has 0 aliphatic heterocycles. The molecule has 0 atom stereocenters. The van der Waals surface area contributed by atoms with Crippen LogP contribution in [-0.2, 0) is 10.3 Å². The van der Waals surface area contributed by atoms with E-state index in [1.165, 1.54) is 12.6 Å². The summed E-state index contributed by atoms with van der Waals surface area (Å²) in [5.74, 6) is -0.0739. The van der Waals surface area contributed by atoms with E-state index in [9.17, 15) is 18.0 Å². The average molecular weight is 448 g/mol. The molecule has 0 saturated heterocycles. The van der Waals surface area contributed by atoms with E-state index in [1.54, 1.807) is 18.5 Å². The fourth-order valence-corrected chi connectivity index (χ4v) is 2.99. The maximum absolute atomic E-state index is 12.6. The maximum atomic E-state index is 12.6. The lowest BCUT2D eigenvalue weighted by molar-refractivity contribution is -0.127. The first kappa shape index (κ1) is 25.0. The predicted molar refractivity (Wildman–Crippen MR) is 120 cm³/mol. The number of aromatic nitrogens is 2. The Morgan fingerprint density at radius 2 is 1.94 bits per heavy atom. The van der Waals surface area contributed by atoms with Gasteiger partial charge in [-0.1, -0.05) is 37.3 Å². The molecule has 1 fully saturated rings. The molecule has 1 heterocycles. The van der Waals surface area contributed by atoms with E-state index in [1.807, 2.05) is 19.1 Å². The number of amides is 1. The van der Waals surface area contributed by atoms with Crippen LogP contribution in [-0.4, -0.2) is 34.8 Å². The molecule has 9 heteroatoms. The molecule has 1 aromatic rings. The lowest BCUT2D eigenvalue weighted by Gasteiger charge is -2.18. The van der Waals surface area contributed by atoms with Crippen LogP contribution in [0.5, 0.6) is 0 Å². The van der Waals surface area contributed by atoms with Crippen molar-refractivity contribution in [2.75, 3.05) is 7.05 Å². The maximum Gasteiger partial charge on any atom is 0.394 e. The van der Waals surface area contributed by atoms with Crippen LogP contribution in [0.25, 0.3) is 5.57 Å². The van der Waals surface area contributed by atoms with Gasteiger partial charge in [-0.2, -0.15) is 13.2 Å². The molecular formula is C23H28F3N5O. The van der Waals surface area contributed by atoms with Gasteiger partial charge in [-0.25, -0.2) is 9.97 Å². The van der Waals surface area contributed by atoms with Crippen LogP contribution in [0.3, 0.4) is 0 Å². The number of halogens is 3. The van der Waals surface area contributed by atoms with Crippen LogP contribution < -0.4 is 11.1 Å². The molecule has 0 bridgehead atoms. The molecule has 0 aromatic carbocycles. The van der Waals surface area contributed by atoms with Gasteiger partial charge in [0.15, 0.2) is 5.82 Å². The van der Waals surface area contributed by atoms with Crippen molar-refractivity contribution in [1.29, 1.82) is 0 Å². The lowest BCUT2D eigenvalue weighted by Crippen LogP contribution is -2.39. The Morgan fingerprint density at radius 3 is 2.41 bits per heavy atom. The number of allylic oxidation sites excluding steroid dienone is 6. The summed E-state index contributed by atoms with van der Waals surface area (Å²) in [7, 11) is 1.32. The molecular weight excluding hydrogens is 419 g/mol. The number of carbonyl (C=O) groups excluding carboxylic acids is 1. The predicted octanol–water partition coefficient (Wildman–Crippen LogP) is 4.37. The van der Waals surface area contributed by atoms with Gasteiger partial charge in [0.2, 0.25) is 0 Å².